The molecule has 0 aromatic heterocycles. The number of nitrogens with one attached hydrogen (secondary N) is 1. The van der Waals surface area contributed by atoms with Crippen LogP contribution in [0.4, 0.5) is 5.69 Å². The average Bonchev–Trinajstić information content (AvgIpc) is 2.16. The van der Waals surface area contributed by atoms with Crippen LogP contribution in [0.15, 0.2) is 24.3 Å². The van der Waals surface area contributed by atoms with Crippen LogP contribution in [0.25, 0.3) is 0 Å². The van der Waals surface area contributed by atoms with Crippen LogP contribution in [-0.2, 0) is 4.79 Å². The lowest BCUT2D eigenvalue weighted by Gasteiger charge is -2.09. The van der Waals surface area contributed by atoms with Crippen LogP contribution in [0.1, 0.15) is 6.92 Å². The molecule has 14 heavy (non-hydrogen) atoms. The summed E-state index contributed by atoms with van der Waals surface area (Å²) in [6, 6.07) is 7.15. The van der Waals surface area contributed by atoms with Crippen molar-refractivity contribution in [1.29, 1.82) is 0 Å². The summed E-state index contributed by atoms with van der Waals surface area (Å²) in [5.74, 6) is -1.20. The number of hydrogen-bond acceptors (Lipinski definition) is 2. The normalized spacial score (nSPS) is 12.1. The number of carboxylic acid groups (broad SMARTS) is 1. The first-order valence-corrected chi connectivity index (χ1v) is 4.69. The topological polar surface area (TPSA) is 49.3 Å². The molecule has 0 saturated heterocycles. The lowest BCUT2D eigenvalue weighted by molar-refractivity contribution is -0.140. The molecule has 1 aromatic carbocycles. The maximum absolute atomic E-state index is 10.5. The highest BCUT2D eigenvalue weighted by Gasteiger charge is 2.09. The van der Waals surface area contributed by atoms with Crippen LogP contribution < -0.4 is 5.32 Å². The minimum atomic E-state index is -0.800. The highest BCUT2D eigenvalue weighted by atomic mass is 35.5. The molecule has 1 rings (SSSR count). The van der Waals surface area contributed by atoms with Gasteiger partial charge in [0.05, 0.1) is 5.92 Å². The van der Waals surface area contributed by atoms with Gasteiger partial charge in [0.25, 0.3) is 0 Å². The standard InChI is InChI=1S/C10H12ClNO2/c1-7(10(13)14)6-12-9-4-2-8(11)3-5-9/h2-5,7,12H,6H2,1H3,(H,13,14)/t7-/m0/s1. The summed E-state index contributed by atoms with van der Waals surface area (Å²) in [5, 5.41) is 12.3. The summed E-state index contributed by atoms with van der Waals surface area (Å²) in [7, 11) is 0. The molecule has 1 atom stereocenters. The third kappa shape index (κ3) is 3.26. The molecular weight excluding hydrogens is 202 g/mol. The Hall–Kier alpha value is -1.22. The first-order chi connectivity index (χ1) is 6.59. The second kappa shape index (κ2) is 4.86. The molecule has 0 radical (unpaired) electrons. The number of halogens is 1. The third-order valence-electron chi connectivity index (χ3n) is 1.88. The molecule has 76 valence electrons. The first kappa shape index (κ1) is 10.9. The van der Waals surface area contributed by atoms with Gasteiger partial charge in [-0.3, -0.25) is 4.79 Å². The smallest absolute Gasteiger partial charge is 0.308 e. The summed E-state index contributed by atoms with van der Waals surface area (Å²) in [4.78, 5) is 10.5. The molecule has 0 aliphatic carbocycles. The van der Waals surface area contributed by atoms with Crippen molar-refractivity contribution in [1.82, 2.24) is 0 Å². The van der Waals surface area contributed by atoms with Gasteiger partial charge >= 0.3 is 5.97 Å². The van der Waals surface area contributed by atoms with E-state index in [1.165, 1.54) is 0 Å². The van der Waals surface area contributed by atoms with Gasteiger partial charge in [-0.05, 0) is 24.3 Å². The van der Waals surface area contributed by atoms with E-state index < -0.39 is 11.9 Å². The Morgan fingerprint density at radius 2 is 2.07 bits per heavy atom. The molecule has 3 nitrogen and oxygen atoms in total. The van der Waals surface area contributed by atoms with Crippen molar-refractivity contribution >= 4 is 23.3 Å². The molecular formula is C10H12ClNO2. The molecule has 0 amide bonds. The van der Waals surface area contributed by atoms with Crippen molar-refractivity contribution in [3.8, 4) is 0 Å². The van der Waals surface area contributed by atoms with E-state index in [2.05, 4.69) is 5.32 Å². The Morgan fingerprint density at radius 3 is 2.57 bits per heavy atom. The van der Waals surface area contributed by atoms with Crippen LogP contribution in [0, 0.1) is 5.92 Å². The summed E-state index contributed by atoms with van der Waals surface area (Å²) in [5.41, 5.74) is 0.877. The van der Waals surface area contributed by atoms with Crippen molar-refractivity contribution in [2.24, 2.45) is 5.92 Å². The third-order valence-corrected chi connectivity index (χ3v) is 2.13. The van der Waals surface area contributed by atoms with Gasteiger partial charge in [0.2, 0.25) is 0 Å². The van der Waals surface area contributed by atoms with Crippen molar-refractivity contribution in [2.45, 2.75) is 6.92 Å². The van der Waals surface area contributed by atoms with E-state index >= 15 is 0 Å². The van der Waals surface area contributed by atoms with Crippen LogP contribution >= 0.6 is 11.6 Å². The maximum Gasteiger partial charge on any atom is 0.308 e. The summed E-state index contributed by atoms with van der Waals surface area (Å²) in [6.45, 7) is 2.07. The van der Waals surface area contributed by atoms with Crippen molar-refractivity contribution in [2.75, 3.05) is 11.9 Å². The second-order valence-electron chi connectivity index (χ2n) is 3.13. The fraction of sp³-hybridized carbons (Fsp3) is 0.300. The van der Waals surface area contributed by atoms with E-state index in [0.717, 1.165) is 5.69 Å². The van der Waals surface area contributed by atoms with Crippen LogP contribution in [-0.4, -0.2) is 17.6 Å². The summed E-state index contributed by atoms with van der Waals surface area (Å²) >= 11 is 5.70. The van der Waals surface area contributed by atoms with E-state index in [-0.39, 0.29) is 0 Å². The number of rotatable bonds is 4. The minimum Gasteiger partial charge on any atom is -0.481 e. The summed E-state index contributed by atoms with van der Waals surface area (Å²) in [6.07, 6.45) is 0. The minimum absolute atomic E-state index is 0.398. The predicted molar refractivity (Wildman–Crippen MR) is 56.7 cm³/mol. The molecule has 0 fully saturated rings. The van der Waals surface area contributed by atoms with Gasteiger partial charge in [-0.1, -0.05) is 18.5 Å². The lowest BCUT2D eigenvalue weighted by Crippen LogP contribution is -2.19. The zero-order chi connectivity index (χ0) is 10.6. The van der Waals surface area contributed by atoms with Crippen LogP contribution in [0.3, 0.4) is 0 Å². The van der Waals surface area contributed by atoms with Crippen molar-refractivity contribution in [3.63, 3.8) is 0 Å². The van der Waals surface area contributed by atoms with Crippen molar-refractivity contribution < 1.29 is 9.90 Å². The Morgan fingerprint density at radius 1 is 1.50 bits per heavy atom. The van der Waals surface area contributed by atoms with Gasteiger partial charge in [-0.2, -0.15) is 0 Å². The number of hydrogen-bond donors (Lipinski definition) is 2. The summed E-state index contributed by atoms with van der Waals surface area (Å²) < 4.78 is 0. The molecule has 0 aliphatic heterocycles. The Kier molecular flexibility index (Phi) is 3.77. The SMILES string of the molecule is C[C@@H](CNc1ccc(Cl)cc1)C(=O)O. The maximum atomic E-state index is 10.5. The van der Waals surface area contributed by atoms with Gasteiger partial charge in [0.1, 0.15) is 0 Å². The number of aliphatic carboxylic acids is 1. The van der Waals surface area contributed by atoms with Gasteiger partial charge in [-0.15, -0.1) is 0 Å². The van der Waals surface area contributed by atoms with E-state index in [1.807, 2.05) is 12.1 Å². The van der Waals surface area contributed by atoms with E-state index in [9.17, 15) is 4.79 Å². The van der Waals surface area contributed by atoms with Gasteiger partial charge < -0.3 is 10.4 Å². The first-order valence-electron chi connectivity index (χ1n) is 4.32. The van der Waals surface area contributed by atoms with Crippen LogP contribution in [0.5, 0.6) is 0 Å². The van der Waals surface area contributed by atoms with Gasteiger partial charge in [0.15, 0.2) is 0 Å². The largest absolute Gasteiger partial charge is 0.481 e. The van der Waals surface area contributed by atoms with Gasteiger partial charge in [-0.25, -0.2) is 0 Å². The Bertz CT molecular complexity index is 310. The second-order valence-corrected chi connectivity index (χ2v) is 3.56. The van der Waals surface area contributed by atoms with E-state index in [4.69, 9.17) is 16.7 Å². The van der Waals surface area contributed by atoms with E-state index in [1.54, 1.807) is 19.1 Å². The quantitative estimate of drug-likeness (QED) is 0.808. The molecule has 0 unspecified atom stereocenters. The molecule has 2 N–H and O–H groups in total. The zero-order valence-corrected chi connectivity index (χ0v) is 8.58. The van der Waals surface area contributed by atoms with E-state index in [0.29, 0.717) is 11.6 Å². The van der Waals surface area contributed by atoms with Crippen LogP contribution in [0.2, 0.25) is 5.02 Å². The Balaban J connectivity index is 2.46. The highest BCUT2D eigenvalue weighted by Crippen LogP contribution is 2.13. The lowest BCUT2D eigenvalue weighted by atomic mass is 10.2. The molecule has 4 heteroatoms. The average molecular weight is 214 g/mol. The molecule has 0 heterocycles. The molecule has 0 saturated carbocycles. The fourth-order valence-electron chi connectivity index (χ4n) is 0.926. The molecule has 0 spiro atoms. The number of benzene rings is 1. The number of carbonyl (C=O) groups is 1. The van der Waals surface area contributed by atoms with Gasteiger partial charge in [0, 0.05) is 17.3 Å². The highest BCUT2D eigenvalue weighted by molar-refractivity contribution is 6.30. The fourth-order valence-corrected chi connectivity index (χ4v) is 1.05. The zero-order valence-electron chi connectivity index (χ0n) is 7.83. The Labute approximate surface area is 87.7 Å². The monoisotopic (exact) mass is 213 g/mol. The van der Waals surface area contributed by atoms with Crippen molar-refractivity contribution in [3.05, 3.63) is 29.3 Å². The number of anilines is 1. The molecule has 1 aromatic rings. The number of carboxylic acids is 1. The predicted octanol–water partition coefficient (Wildman–Crippen LogP) is 2.47. The molecule has 0 aliphatic rings. The molecule has 0 bridgehead atoms.